The van der Waals surface area contributed by atoms with Crippen molar-refractivity contribution < 1.29 is 9.53 Å². The van der Waals surface area contributed by atoms with Crippen LogP contribution in [0, 0.1) is 0 Å². The normalized spacial score (nSPS) is 8.29. The first-order chi connectivity index (χ1) is 6.93. The molecule has 0 aliphatic heterocycles. The molecule has 2 rings (SSSR count). The fourth-order valence-electron chi connectivity index (χ4n) is 0.770. The van der Waals surface area contributed by atoms with Crippen molar-refractivity contribution >= 4 is 6.47 Å². The van der Waals surface area contributed by atoms with Crippen LogP contribution < -0.4 is 4.74 Å². The third-order valence-corrected chi connectivity index (χ3v) is 1.33. The van der Waals surface area contributed by atoms with Crippen molar-refractivity contribution in [2.24, 2.45) is 0 Å². The summed E-state index contributed by atoms with van der Waals surface area (Å²) in [6, 6.07) is 10.7. The van der Waals surface area contributed by atoms with Crippen molar-refractivity contribution in [3.63, 3.8) is 0 Å². The second kappa shape index (κ2) is 6.42. The van der Waals surface area contributed by atoms with Crippen LogP contribution in [0.25, 0.3) is 0 Å². The van der Waals surface area contributed by atoms with Gasteiger partial charge in [0.25, 0.3) is 6.47 Å². The number of nitrogens with one attached hydrogen (secondary N) is 1. The number of ether oxygens (including phenoxy) is 1. The molecule has 2 aromatic rings. The number of carbonyl (C=O) groups is 1. The summed E-state index contributed by atoms with van der Waals surface area (Å²) < 4.78 is 4.53. The van der Waals surface area contributed by atoms with E-state index in [4.69, 9.17) is 0 Å². The van der Waals surface area contributed by atoms with Gasteiger partial charge in [-0.2, -0.15) is 5.10 Å². The highest BCUT2D eigenvalue weighted by molar-refractivity contribution is 5.44. The highest BCUT2D eigenvalue weighted by atomic mass is 16.5. The Balaban J connectivity index is 0.000000165. The Morgan fingerprint density at radius 1 is 1.21 bits per heavy atom. The Bertz CT molecular complexity index is 315. The summed E-state index contributed by atoms with van der Waals surface area (Å²) in [5, 5.41) is 6.21. The summed E-state index contributed by atoms with van der Waals surface area (Å²) >= 11 is 0. The molecule has 1 aromatic heterocycles. The smallest absolute Gasteiger partial charge is 0.298 e. The van der Waals surface area contributed by atoms with E-state index in [0.717, 1.165) is 0 Å². The highest BCUT2D eigenvalue weighted by Gasteiger charge is 1.84. The predicted octanol–water partition coefficient (Wildman–Crippen LogP) is 1.63. The quantitative estimate of drug-likeness (QED) is 0.732. The molecule has 14 heavy (non-hydrogen) atoms. The van der Waals surface area contributed by atoms with Gasteiger partial charge in [0, 0.05) is 12.4 Å². The van der Waals surface area contributed by atoms with Gasteiger partial charge in [0.1, 0.15) is 5.75 Å². The lowest BCUT2D eigenvalue weighted by Gasteiger charge is -1.92. The average Bonchev–Trinajstić information content (AvgIpc) is 2.78. The Labute approximate surface area is 81.5 Å². The van der Waals surface area contributed by atoms with E-state index in [1.807, 2.05) is 12.1 Å². The first kappa shape index (κ1) is 9.98. The Kier molecular flexibility index (Phi) is 4.58. The lowest BCUT2D eigenvalue weighted by Crippen LogP contribution is -1.85. The van der Waals surface area contributed by atoms with Crippen LogP contribution in [0.4, 0.5) is 0 Å². The summed E-state index contributed by atoms with van der Waals surface area (Å²) in [6.07, 6.45) is 3.46. The molecule has 0 saturated carbocycles. The number of aromatic nitrogens is 2. The maximum atomic E-state index is 9.75. The van der Waals surface area contributed by atoms with E-state index >= 15 is 0 Å². The molecule has 0 unspecified atom stereocenters. The van der Waals surface area contributed by atoms with Crippen LogP contribution in [0.1, 0.15) is 0 Å². The van der Waals surface area contributed by atoms with Gasteiger partial charge in [0.15, 0.2) is 0 Å². The van der Waals surface area contributed by atoms with Gasteiger partial charge in [-0.05, 0) is 18.2 Å². The first-order valence-electron chi connectivity index (χ1n) is 4.02. The topological polar surface area (TPSA) is 55.0 Å². The Hall–Kier alpha value is -2.10. The van der Waals surface area contributed by atoms with Crippen LogP contribution in [0.5, 0.6) is 5.75 Å². The van der Waals surface area contributed by atoms with E-state index in [2.05, 4.69) is 14.9 Å². The fraction of sp³-hybridized carbons (Fsp3) is 0. The zero-order valence-corrected chi connectivity index (χ0v) is 7.46. The third-order valence-electron chi connectivity index (χ3n) is 1.33. The third kappa shape index (κ3) is 4.06. The molecular weight excluding hydrogens is 180 g/mol. The number of hydrogen-bond donors (Lipinski definition) is 1. The van der Waals surface area contributed by atoms with Gasteiger partial charge >= 0.3 is 0 Å². The molecule has 72 valence electrons. The minimum atomic E-state index is 0.412. The van der Waals surface area contributed by atoms with E-state index in [0.29, 0.717) is 12.2 Å². The molecule has 1 aromatic carbocycles. The van der Waals surface area contributed by atoms with Crippen LogP contribution in [0.15, 0.2) is 48.8 Å². The van der Waals surface area contributed by atoms with E-state index < -0.39 is 0 Å². The molecule has 0 radical (unpaired) electrons. The fourth-order valence-corrected chi connectivity index (χ4v) is 0.770. The zero-order chi connectivity index (χ0) is 10.1. The van der Waals surface area contributed by atoms with Gasteiger partial charge in [0.2, 0.25) is 0 Å². The molecule has 0 aliphatic carbocycles. The van der Waals surface area contributed by atoms with Gasteiger partial charge in [-0.1, -0.05) is 18.2 Å². The monoisotopic (exact) mass is 190 g/mol. The minimum absolute atomic E-state index is 0.412. The number of rotatable bonds is 2. The molecule has 0 bridgehead atoms. The van der Waals surface area contributed by atoms with Gasteiger partial charge in [-0.3, -0.25) is 9.89 Å². The van der Waals surface area contributed by atoms with E-state index in [1.54, 1.807) is 36.7 Å². The SMILES string of the molecule is O=COc1ccccc1.c1cn[nH]c1. The van der Waals surface area contributed by atoms with Gasteiger partial charge in [-0.25, -0.2) is 0 Å². The molecule has 1 heterocycles. The molecule has 0 amide bonds. The van der Waals surface area contributed by atoms with Crippen molar-refractivity contribution in [3.05, 3.63) is 48.8 Å². The van der Waals surface area contributed by atoms with Gasteiger partial charge in [0.05, 0.1) is 0 Å². The predicted molar refractivity (Wildman–Crippen MR) is 51.7 cm³/mol. The van der Waals surface area contributed by atoms with Crippen molar-refractivity contribution in [2.75, 3.05) is 0 Å². The molecule has 0 spiro atoms. The Morgan fingerprint density at radius 2 is 2.00 bits per heavy atom. The lowest BCUT2D eigenvalue weighted by atomic mass is 10.3. The van der Waals surface area contributed by atoms with Crippen molar-refractivity contribution in [1.29, 1.82) is 0 Å². The number of aromatic amines is 1. The van der Waals surface area contributed by atoms with Crippen LogP contribution in [0.3, 0.4) is 0 Å². The maximum absolute atomic E-state index is 9.75. The summed E-state index contributed by atoms with van der Waals surface area (Å²) in [5.74, 6) is 0.576. The summed E-state index contributed by atoms with van der Waals surface area (Å²) in [5.41, 5.74) is 0. The zero-order valence-electron chi connectivity index (χ0n) is 7.46. The van der Waals surface area contributed by atoms with E-state index in [-0.39, 0.29) is 0 Å². The number of hydrogen-bond acceptors (Lipinski definition) is 3. The summed E-state index contributed by atoms with van der Waals surface area (Å²) in [7, 11) is 0. The summed E-state index contributed by atoms with van der Waals surface area (Å²) in [4.78, 5) is 9.75. The molecule has 0 atom stereocenters. The van der Waals surface area contributed by atoms with Crippen LogP contribution in [0.2, 0.25) is 0 Å². The Morgan fingerprint density at radius 3 is 2.43 bits per heavy atom. The first-order valence-corrected chi connectivity index (χ1v) is 4.02. The van der Waals surface area contributed by atoms with Crippen LogP contribution >= 0.6 is 0 Å². The van der Waals surface area contributed by atoms with E-state index in [1.165, 1.54) is 0 Å². The number of nitrogens with zero attached hydrogens (tertiary/aromatic N) is 1. The molecule has 1 N–H and O–H groups in total. The standard InChI is InChI=1S/C7H6O2.C3H4N2/c8-6-9-7-4-2-1-3-5-7;1-2-4-5-3-1/h1-6H;1-3H,(H,4,5). The lowest BCUT2D eigenvalue weighted by molar-refractivity contribution is -0.120. The van der Waals surface area contributed by atoms with E-state index in [9.17, 15) is 4.79 Å². The second-order valence-corrected chi connectivity index (χ2v) is 2.29. The highest BCUT2D eigenvalue weighted by Crippen LogP contribution is 2.05. The van der Waals surface area contributed by atoms with Crippen molar-refractivity contribution in [3.8, 4) is 5.75 Å². The number of para-hydroxylation sites is 1. The number of H-pyrrole nitrogens is 1. The number of benzene rings is 1. The number of carbonyl (C=O) groups excluding carboxylic acids is 1. The largest absolute Gasteiger partial charge is 0.429 e. The van der Waals surface area contributed by atoms with Crippen LogP contribution in [-0.2, 0) is 4.79 Å². The summed E-state index contributed by atoms with van der Waals surface area (Å²) in [6.45, 7) is 0.412. The molecule has 0 fully saturated rings. The average molecular weight is 190 g/mol. The van der Waals surface area contributed by atoms with Crippen molar-refractivity contribution in [1.82, 2.24) is 10.2 Å². The minimum Gasteiger partial charge on any atom is -0.429 e. The molecule has 4 nitrogen and oxygen atoms in total. The molecule has 0 aliphatic rings. The maximum Gasteiger partial charge on any atom is 0.298 e. The van der Waals surface area contributed by atoms with Gasteiger partial charge in [-0.15, -0.1) is 0 Å². The van der Waals surface area contributed by atoms with Gasteiger partial charge < -0.3 is 4.74 Å². The second-order valence-electron chi connectivity index (χ2n) is 2.29. The van der Waals surface area contributed by atoms with Crippen molar-refractivity contribution in [2.45, 2.75) is 0 Å². The van der Waals surface area contributed by atoms with Crippen LogP contribution in [-0.4, -0.2) is 16.7 Å². The molecular formula is C10H10N2O2. The molecule has 4 heteroatoms. The molecule has 0 saturated heterocycles.